The topological polar surface area (TPSA) is 75.3 Å². The van der Waals surface area contributed by atoms with Crippen molar-refractivity contribution in [2.45, 2.75) is 26.8 Å². The average Bonchev–Trinajstić information content (AvgIpc) is 2.27. The average molecular weight is 242 g/mol. The fraction of sp³-hybridized carbons (Fsp3) is 0.800. The predicted octanol–water partition coefficient (Wildman–Crippen LogP) is 1.70. The van der Waals surface area contributed by atoms with E-state index in [9.17, 15) is 0 Å². The Morgan fingerprint density at radius 3 is 1.56 bits per heavy atom. The quantitative estimate of drug-likeness (QED) is 0.605. The lowest BCUT2D eigenvalue weighted by molar-refractivity contribution is 0.0701. The van der Waals surface area contributed by atoms with E-state index in [-0.39, 0.29) is 6.04 Å². The van der Waals surface area contributed by atoms with Gasteiger partial charge in [0.25, 0.3) is 0 Å². The van der Waals surface area contributed by atoms with Gasteiger partial charge < -0.3 is 13.3 Å². The lowest BCUT2D eigenvalue weighted by atomic mass is 10.2. The third-order valence-corrected chi connectivity index (χ3v) is 4.95. The number of rotatable bonds is 8. The van der Waals surface area contributed by atoms with Crippen LogP contribution in [0.3, 0.4) is 0 Å². The van der Waals surface area contributed by atoms with E-state index in [1.54, 1.807) is 0 Å². The van der Waals surface area contributed by atoms with Crippen molar-refractivity contribution < 1.29 is 13.3 Å². The molecular formula is C10H18N2O3Si. The zero-order valence-corrected chi connectivity index (χ0v) is 11.0. The van der Waals surface area contributed by atoms with Crippen molar-refractivity contribution in [1.82, 2.24) is 0 Å². The van der Waals surface area contributed by atoms with E-state index >= 15 is 0 Å². The Kier molecular flexibility index (Phi) is 7.78. The van der Waals surface area contributed by atoms with Crippen LogP contribution in [-0.2, 0) is 13.3 Å². The van der Waals surface area contributed by atoms with Gasteiger partial charge in [0.2, 0.25) is 0 Å². The monoisotopic (exact) mass is 242 g/mol. The van der Waals surface area contributed by atoms with Gasteiger partial charge in [-0.3, -0.25) is 0 Å². The maximum Gasteiger partial charge on any atom is 0.503 e. The Morgan fingerprint density at radius 2 is 1.31 bits per heavy atom. The first-order chi connectivity index (χ1) is 7.67. The summed E-state index contributed by atoms with van der Waals surface area (Å²) in [5.41, 5.74) is 0. The lowest BCUT2D eigenvalue weighted by Gasteiger charge is -2.28. The van der Waals surface area contributed by atoms with Gasteiger partial charge in [-0.1, -0.05) is 0 Å². The molecule has 0 heterocycles. The highest BCUT2D eigenvalue weighted by Crippen LogP contribution is 2.21. The smallest absolute Gasteiger partial charge is 0.374 e. The number of nitriles is 2. The highest BCUT2D eigenvalue weighted by molar-refractivity contribution is 6.60. The minimum absolute atomic E-state index is 0.232. The summed E-state index contributed by atoms with van der Waals surface area (Å²) in [5.74, 6) is -0.740. The van der Waals surface area contributed by atoms with Gasteiger partial charge in [-0.05, 0) is 20.8 Å². The van der Waals surface area contributed by atoms with Crippen molar-refractivity contribution in [2.24, 2.45) is 5.92 Å². The first-order valence-electron chi connectivity index (χ1n) is 5.39. The van der Waals surface area contributed by atoms with E-state index in [0.717, 1.165) is 0 Å². The van der Waals surface area contributed by atoms with Crippen LogP contribution in [0.15, 0.2) is 0 Å². The first kappa shape index (κ1) is 15.1. The fourth-order valence-corrected chi connectivity index (χ4v) is 3.94. The molecule has 0 fully saturated rings. The summed E-state index contributed by atoms with van der Waals surface area (Å²) in [6.45, 7) is 6.88. The highest BCUT2D eigenvalue weighted by Gasteiger charge is 2.43. The standard InChI is InChI=1S/C10H18N2O3Si/c1-4-13-16(14-5-2,15-6-3)9-10(7-11)8-12/h10H,4-6,9H2,1-3H3. The second kappa shape index (κ2) is 8.25. The normalized spacial score (nSPS) is 11.1. The molecule has 5 nitrogen and oxygen atoms in total. The number of hydrogen-bond donors (Lipinski definition) is 0. The maximum absolute atomic E-state index is 8.78. The van der Waals surface area contributed by atoms with Gasteiger partial charge in [0.1, 0.15) is 5.92 Å². The molecule has 6 heteroatoms. The van der Waals surface area contributed by atoms with Crippen LogP contribution in [0.5, 0.6) is 0 Å². The van der Waals surface area contributed by atoms with Crippen LogP contribution in [0.1, 0.15) is 20.8 Å². The summed E-state index contributed by atoms with van der Waals surface area (Å²) >= 11 is 0. The first-order valence-corrected chi connectivity index (χ1v) is 7.32. The van der Waals surface area contributed by atoms with Gasteiger partial charge in [0, 0.05) is 25.9 Å². The molecule has 0 atom stereocenters. The maximum atomic E-state index is 8.78. The molecule has 0 aromatic heterocycles. The van der Waals surface area contributed by atoms with E-state index in [1.165, 1.54) is 0 Å². The highest BCUT2D eigenvalue weighted by atomic mass is 28.4. The van der Waals surface area contributed by atoms with Gasteiger partial charge in [0.05, 0.1) is 12.1 Å². The van der Waals surface area contributed by atoms with Gasteiger partial charge in [-0.25, -0.2) is 0 Å². The molecule has 0 aliphatic heterocycles. The summed E-state index contributed by atoms with van der Waals surface area (Å²) in [7, 11) is -2.85. The Hall–Kier alpha value is -0.923. The molecule has 0 aliphatic rings. The molecule has 0 aromatic rings. The number of hydrogen-bond acceptors (Lipinski definition) is 5. The zero-order chi connectivity index (χ0) is 12.4. The van der Waals surface area contributed by atoms with Crippen LogP contribution in [-0.4, -0.2) is 28.6 Å². The summed E-state index contributed by atoms with van der Waals surface area (Å²) in [6.07, 6.45) is 0. The van der Waals surface area contributed by atoms with Gasteiger partial charge in [0.15, 0.2) is 0 Å². The van der Waals surface area contributed by atoms with Crippen molar-refractivity contribution in [3.8, 4) is 12.1 Å². The molecule has 0 saturated heterocycles. The van der Waals surface area contributed by atoms with E-state index in [1.807, 2.05) is 32.9 Å². The summed E-state index contributed by atoms with van der Waals surface area (Å²) < 4.78 is 16.6. The molecule has 90 valence electrons. The largest absolute Gasteiger partial charge is 0.503 e. The molecule has 0 spiro atoms. The SMILES string of the molecule is CCO[Si](CC(C#N)C#N)(OCC)OCC. The molecule has 0 bridgehead atoms. The van der Waals surface area contributed by atoms with Crippen LogP contribution < -0.4 is 0 Å². The van der Waals surface area contributed by atoms with E-state index in [2.05, 4.69) is 0 Å². The molecule has 0 saturated carbocycles. The summed E-state index contributed by atoms with van der Waals surface area (Å²) in [5, 5.41) is 17.6. The van der Waals surface area contributed by atoms with E-state index < -0.39 is 14.7 Å². The van der Waals surface area contributed by atoms with Crippen LogP contribution in [0, 0.1) is 28.6 Å². The van der Waals surface area contributed by atoms with E-state index in [0.29, 0.717) is 19.8 Å². The van der Waals surface area contributed by atoms with Crippen molar-refractivity contribution in [2.75, 3.05) is 19.8 Å². The predicted molar refractivity (Wildman–Crippen MR) is 60.2 cm³/mol. The van der Waals surface area contributed by atoms with Gasteiger partial charge >= 0.3 is 8.80 Å². The molecular weight excluding hydrogens is 224 g/mol. The molecule has 0 unspecified atom stereocenters. The third kappa shape index (κ3) is 4.73. The Morgan fingerprint density at radius 1 is 0.938 bits per heavy atom. The Labute approximate surface area is 97.9 Å². The molecule has 0 aromatic carbocycles. The second-order valence-corrected chi connectivity index (χ2v) is 5.64. The number of nitrogens with zero attached hydrogens (tertiary/aromatic N) is 2. The third-order valence-electron chi connectivity index (χ3n) is 1.86. The Balaban J connectivity index is 4.73. The molecule has 0 aliphatic carbocycles. The molecule has 0 N–H and O–H groups in total. The fourth-order valence-electron chi connectivity index (χ4n) is 1.33. The van der Waals surface area contributed by atoms with Crippen molar-refractivity contribution >= 4 is 8.80 Å². The van der Waals surface area contributed by atoms with Crippen molar-refractivity contribution in [1.29, 1.82) is 10.5 Å². The molecule has 0 rings (SSSR count). The van der Waals surface area contributed by atoms with Crippen molar-refractivity contribution in [3.63, 3.8) is 0 Å². The van der Waals surface area contributed by atoms with Crippen LogP contribution in [0.4, 0.5) is 0 Å². The zero-order valence-electron chi connectivity index (χ0n) is 10.0. The molecule has 0 radical (unpaired) electrons. The summed E-state index contributed by atoms with van der Waals surface area (Å²) in [4.78, 5) is 0. The van der Waals surface area contributed by atoms with Crippen LogP contribution >= 0.6 is 0 Å². The lowest BCUT2D eigenvalue weighted by Crippen LogP contribution is -2.47. The van der Waals surface area contributed by atoms with Gasteiger partial charge in [-0.2, -0.15) is 10.5 Å². The van der Waals surface area contributed by atoms with E-state index in [4.69, 9.17) is 23.8 Å². The second-order valence-electron chi connectivity index (χ2n) is 3.00. The van der Waals surface area contributed by atoms with Crippen LogP contribution in [0.2, 0.25) is 6.04 Å². The van der Waals surface area contributed by atoms with Crippen molar-refractivity contribution in [3.05, 3.63) is 0 Å². The summed E-state index contributed by atoms with van der Waals surface area (Å²) in [6, 6.07) is 4.06. The van der Waals surface area contributed by atoms with Crippen LogP contribution in [0.25, 0.3) is 0 Å². The molecule has 0 amide bonds. The molecule has 16 heavy (non-hydrogen) atoms. The van der Waals surface area contributed by atoms with Gasteiger partial charge in [-0.15, -0.1) is 0 Å². The minimum Gasteiger partial charge on any atom is -0.374 e. The Bertz CT molecular complexity index is 241. The minimum atomic E-state index is -2.85.